The molecule has 0 unspecified atom stereocenters. The second-order valence-corrected chi connectivity index (χ2v) is 5.31. The Morgan fingerprint density at radius 3 is 2.70 bits per heavy atom. The number of hydrogen-bond donors (Lipinski definition) is 1. The normalized spacial score (nSPS) is 13.1. The Kier molecular flexibility index (Phi) is 3.78. The van der Waals surface area contributed by atoms with Gasteiger partial charge in [-0.1, -0.05) is 6.07 Å². The molecule has 3 nitrogen and oxygen atoms in total. The van der Waals surface area contributed by atoms with E-state index in [1.165, 1.54) is 12.1 Å². The number of rotatable bonds is 3. The highest BCUT2D eigenvalue weighted by molar-refractivity contribution is 9.10. The third-order valence-corrected chi connectivity index (χ3v) is 3.71. The average molecular weight is 338 g/mol. The Bertz CT molecular complexity index is 633. The van der Waals surface area contributed by atoms with Gasteiger partial charge >= 0.3 is 0 Å². The van der Waals surface area contributed by atoms with Crippen molar-refractivity contribution in [3.8, 4) is 11.5 Å². The van der Waals surface area contributed by atoms with Crippen LogP contribution < -0.4 is 14.8 Å². The molecule has 0 saturated heterocycles. The molecule has 0 saturated carbocycles. The van der Waals surface area contributed by atoms with Gasteiger partial charge in [0, 0.05) is 11.0 Å². The molecule has 0 aliphatic carbocycles. The Morgan fingerprint density at radius 2 is 1.85 bits per heavy atom. The van der Waals surface area contributed by atoms with Gasteiger partial charge in [-0.15, -0.1) is 0 Å². The molecular weight excluding hydrogens is 325 g/mol. The van der Waals surface area contributed by atoms with Crippen molar-refractivity contribution in [3.05, 3.63) is 52.3 Å². The quantitative estimate of drug-likeness (QED) is 0.919. The molecule has 0 aromatic heterocycles. The smallest absolute Gasteiger partial charge is 0.161 e. The van der Waals surface area contributed by atoms with E-state index in [4.69, 9.17) is 9.47 Å². The largest absolute Gasteiger partial charge is 0.486 e. The third kappa shape index (κ3) is 2.88. The Morgan fingerprint density at radius 1 is 1.05 bits per heavy atom. The highest BCUT2D eigenvalue weighted by atomic mass is 79.9. The number of anilines is 1. The molecule has 1 aliphatic rings. The summed E-state index contributed by atoms with van der Waals surface area (Å²) in [5, 5.41) is 3.19. The lowest BCUT2D eigenvalue weighted by Crippen LogP contribution is -2.15. The van der Waals surface area contributed by atoms with Crippen molar-refractivity contribution < 1.29 is 13.9 Å². The highest BCUT2D eigenvalue weighted by Gasteiger charge is 2.11. The lowest BCUT2D eigenvalue weighted by molar-refractivity contribution is 0.171. The van der Waals surface area contributed by atoms with Gasteiger partial charge in [0.05, 0.1) is 5.69 Å². The first-order chi connectivity index (χ1) is 9.72. The van der Waals surface area contributed by atoms with Crippen LogP contribution in [-0.2, 0) is 6.54 Å². The maximum atomic E-state index is 13.2. The first kappa shape index (κ1) is 13.2. The molecule has 1 heterocycles. The molecule has 1 N–H and O–H groups in total. The number of fused-ring (bicyclic) bond motifs is 1. The summed E-state index contributed by atoms with van der Waals surface area (Å²) in [6.07, 6.45) is 0. The summed E-state index contributed by atoms with van der Waals surface area (Å²) in [4.78, 5) is 0. The predicted octanol–water partition coefficient (Wildman–Crippen LogP) is 3.97. The van der Waals surface area contributed by atoms with Gasteiger partial charge in [0.2, 0.25) is 0 Å². The molecule has 1 aliphatic heterocycles. The molecule has 2 aromatic rings. The van der Waals surface area contributed by atoms with E-state index in [-0.39, 0.29) is 5.82 Å². The molecule has 0 spiro atoms. The number of hydrogen-bond acceptors (Lipinski definition) is 3. The van der Waals surface area contributed by atoms with Crippen LogP contribution in [0.15, 0.2) is 40.9 Å². The maximum Gasteiger partial charge on any atom is 0.161 e. The van der Waals surface area contributed by atoms with Crippen molar-refractivity contribution >= 4 is 21.6 Å². The first-order valence-corrected chi connectivity index (χ1v) is 7.09. The molecule has 20 heavy (non-hydrogen) atoms. The summed E-state index contributed by atoms with van der Waals surface area (Å²) in [5.41, 5.74) is 1.77. The Labute approximate surface area is 124 Å². The van der Waals surface area contributed by atoms with Crippen molar-refractivity contribution in [2.24, 2.45) is 0 Å². The summed E-state index contributed by atoms with van der Waals surface area (Å²) < 4.78 is 25.0. The van der Waals surface area contributed by atoms with Crippen molar-refractivity contribution in [3.63, 3.8) is 0 Å². The zero-order chi connectivity index (χ0) is 13.9. The van der Waals surface area contributed by atoms with E-state index in [1.54, 1.807) is 6.07 Å². The topological polar surface area (TPSA) is 30.5 Å². The van der Waals surface area contributed by atoms with Gasteiger partial charge < -0.3 is 14.8 Å². The Balaban J connectivity index is 1.73. The van der Waals surface area contributed by atoms with Crippen molar-refractivity contribution in [2.75, 3.05) is 18.5 Å². The van der Waals surface area contributed by atoms with E-state index in [9.17, 15) is 4.39 Å². The van der Waals surface area contributed by atoms with Crippen LogP contribution >= 0.6 is 15.9 Å². The van der Waals surface area contributed by atoms with Crippen LogP contribution in [0.25, 0.3) is 0 Å². The van der Waals surface area contributed by atoms with E-state index in [0.29, 0.717) is 19.8 Å². The summed E-state index contributed by atoms with van der Waals surface area (Å²) in [5.74, 6) is 1.26. The fourth-order valence-corrected chi connectivity index (χ4v) is 2.41. The van der Waals surface area contributed by atoms with Crippen LogP contribution in [0, 0.1) is 5.82 Å². The van der Waals surface area contributed by atoms with Gasteiger partial charge in [0.25, 0.3) is 0 Å². The fraction of sp³-hybridized carbons (Fsp3) is 0.200. The fourth-order valence-electron chi connectivity index (χ4n) is 2.03. The lowest BCUT2D eigenvalue weighted by Gasteiger charge is -2.19. The second kappa shape index (κ2) is 5.71. The van der Waals surface area contributed by atoms with Gasteiger partial charge in [0.15, 0.2) is 11.5 Å². The predicted molar refractivity (Wildman–Crippen MR) is 78.9 cm³/mol. The van der Waals surface area contributed by atoms with Crippen molar-refractivity contribution in [1.82, 2.24) is 0 Å². The van der Waals surface area contributed by atoms with Crippen molar-refractivity contribution in [2.45, 2.75) is 6.54 Å². The summed E-state index contributed by atoms with van der Waals surface area (Å²) in [6, 6.07) is 10.4. The van der Waals surface area contributed by atoms with Crippen LogP contribution in [0.4, 0.5) is 10.1 Å². The van der Waals surface area contributed by atoms with Crippen molar-refractivity contribution in [1.29, 1.82) is 0 Å². The van der Waals surface area contributed by atoms with E-state index in [0.717, 1.165) is 27.2 Å². The molecular formula is C15H13BrFNO2. The van der Waals surface area contributed by atoms with Crippen LogP contribution in [0.5, 0.6) is 11.5 Å². The molecule has 2 aromatic carbocycles. The van der Waals surface area contributed by atoms with E-state index >= 15 is 0 Å². The van der Waals surface area contributed by atoms with Crippen LogP contribution in [0.3, 0.4) is 0 Å². The SMILES string of the molecule is Fc1ccc(Br)c(NCc2ccc3c(c2)OCCO3)c1. The average Bonchev–Trinajstić information content (AvgIpc) is 2.48. The minimum atomic E-state index is -0.266. The molecule has 0 atom stereocenters. The molecule has 104 valence electrons. The van der Waals surface area contributed by atoms with Gasteiger partial charge in [-0.05, 0) is 51.8 Å². The van der Waals surface area contributed by atoms with Crippen LogP contribution in [0.1, 0.15) is 5.56 Å². The molecule has 5 heteroatoms. The van der Waals surface area contributed by atoms with Gasteiger partial charge in [-0.25, -0.2) is 4.39 Å². The monoisotopic (exact) mass is 337 g/mol. The second-order valence-electron chi connectivity index (χ2n) is 4.46. The zero-order valence-corrected chi connectivity index (χ0v) is 12.2. The van der Waals surface area contributed by atoms with E-state index in [2.05, 4.69) is 21.2 Å². The molecule has 0 amide bonds. The van der Waals surface area contributed by atoms with Crippen LogP contribution in [0.2, 0.25) is 0 Å². The summed E-state index contributed by atoms with van der Waals surface area (Å²) in [6.45, 7) is 1.73. The first-order valence-electron chi connectivity index (χ1n) is 6.30. The summed E-state index contributed by atoms with van der Waals surface area (Å²) in [7, 11) is 0. The number of benzene rings is 2. The minimum absolute atomic E-state index is 0.266. The zero-order valence-electron chi connectivity index (χ0n) is 10.7. The third-order valence-electron chi connectivity index (χ3n) is 3.02. The molecule has 0 radical (unpaired) electrons. The van der Waals surface area contributed by atoms with Gasteiger partial charge in [-0.3, -0.25) is 0 Å². The maximum absolute atomic E-state index is 13.2. The summed E-state index contributed by atoms with van der Waals surface area (Å²) >= 11 is 3.39. The number of halogens is 2. The Hall–Kier alpha value is -1.75. The minimum Gasteiger partial charge on any atom is -0.486 e. The molecule has 3 rings (SSSR count). The number of nitrogens with one attached hydrogen (secondary N) is 1. The number of ether oxygens (including phenoxy) is 2. The molecule has 0 fully saturated rings. The van der Waals surface area contributed by atoms with E-state index in [1.807, 2.05) is 18.2 Å². The van der Waals surface area contributed by atoms with Gasteiger partial charge in [-0.2, -0.15) is 0 Å². The van der Waals surface area contributed by atoms with E-state index < -0.39 is 0 Å². The standard InChI is InChI=1S/C15H13BrFNO2/c16-12-3-2-11(17)8-13(12)18-9-10-1-4-14-15(7-10)20-6-5-19-14/h1-4,7-8,18H,5-6,9H2. The highest BCUT2D eigenvalue weighted by Crippen LogP contribution is 2.31. The van der Waals surface area contributed by atoms with Gasteiger partial charge in [0.1, 0.15) is 19.0 Å². The van der Waals surface area contributed by atoms with Crippen LogP contribution in [-0.4, -0.2) is 13.2 Å². The molecule has 0 bridgehead atoms. The lowest BCUT2D eigenvalue weighted by atomic mass is 10.2.